The molecule has 1 amide bonds. The number of methoxy groups -OCH3 is 1. The van der Waals surface area contributed by atoms with Crippen molar-refractivity contribution >= 4 is 21.6 Å². The molecule has 7 heteroatoms. The van der Waals surface area contributed by atoms with E-state index in [9.17, 15) is 13.2 Å². The van der Waals surface area contributed by atoms with Crippen molar-refractivity contribution in [2.45, 2.75) is 30.6 Å². The highest BCUT2D eigenvalue weighted by Crippen LogP contribution is 2.29. The molecule has 1 aliphatic rings. The van der Waals surface area contributed by atoms with Gasteiger partial charge in [0.05, 0.1) is 17.7 Å². The van der Waals surface area contributed by atoms with Gasteiger partial charge >= 0.3 is 0 Å². The number of benzene rings is 2. The van der Waals surface area contributed by atoms with Crippen molar-refractivity contribution in [3.63, 3.8) is 0 Å². The van der Waals surface area contributed by atoms with E-state index in [-0.39, 0.29) is 10.8 Å². The number of nitrogens with one attached hydrogen (secondary N) is 1. The lowest BCUT2D eigenvalue weighted by atomic mass is 9.90. The number of sulfonamides is 1. The van der Waals surface area contributed by atoms with Crippen LogP contribution in [0.1, 0.15) is 34.3 Å². The molecule has 144 valence electrons. The van der Waals surface area contributed by atoms with Gasteiger partial charge in [-0.15, -0.1) is 0 Å². The maximum atomic E-state index is 12.7. The minimum absolute atomic E-state index is 0.0917. The normalized spacial score (nSPS) is 13.9. The zero-order valence-electron chi connectivity index (χ0n) is 15.8. The Hall–Kier alpha value is -2.38. The quantitative estimate of drug-likeness (QED) is 0.854. The summed E-state index contributed by atoms with van der Waals surface area (Å²) in [5.74, 6) is 0.111. The van der Waals surface area contributed by atoms with Gasteiger partial charge in [-0.1, -0.05) is 6.07 Å². The Morgan fingerprint density at radius 1 is 1.04 bits per heavy atom. The standard InChI is InChI=1S/C20H24N2O4S/c1-22(2)27(24,25)17-10-11-19(26-3)18(13-17)21-20(23)16-9-8-14-6-4-5-7-15(14)12-16/h8-13H,4-7H2,1-3H3,(H,21,23). The third kappa shape index (κ3) is 3.99. The summed E-state index contributed by atoms with van der Waals surface area (Å²) < 4.78 is 31.2. The predicted octanol–water partition coefficient (Wildman–Crippen LogP) is 3.08. The molecule has 0 radical (unpaired) electrons. The highest BCUT2D eigenvalue weighted by atomic mass is 32.2. The first kappa shape index (κ1) is 19.4. The number of rotatable bonds is 5. The fraction of sp³-hybridized carbons (Fsp3) is 0.350. The molecule has 0 heterocycles. The molecule has 1 N–H and O–H groups in total. The molecule has 27 heavy (non-hydrogen) atoms. The number of amides is 1. The number of nitrogens with zero attached hydrogens (tertiary/aromatic N) is 1. The summed E-state index contributed by atoms with van der Waals surface area (Å²) in [6.07, 6.45) is 4.35. The smallest absolute Gasteiger partial charge is 0.255 e. The summed E-state index contributed by atoms with van der Waals surface area (Å²) in [5, 5.41) is 2.79. The van der Waals surface area contributed by atoms with Gasteiger partial charge in [0.25, 0.3) is 5.91 Å². The fourth-order valence-corrected chi connectivity index (χ4v) is 4.15. The van der Waals surface area contributed by atoms with Crippen molar-refractivity contribution in [2.24, 2.45) is 0 Å². The van der Waals surface area contributed by atoms with Crippen molar-refractivity contribution in [3.05, 3.63) is 53.1 Å². The van der Waals surface area contributed by atoms with Crippen molar-refractivity contribution in [2.75, 3.05) is 26.5 Å². The van der Waals surface area contributed by atoms with Crippen LogP contribution < -0.4 is 10.1 Å². The van der Waals surface area contributed by atoms with Gasteiger partial charge in [0.15, 0.2) is 0 Å². The second-order valence-electron chi connectivity index (χ2n) is 6.79. The molecule has 2 aromatic rings. The van der Waals surface area contributed by atoms with Crippen molar-refractivity contribution in [1.29, 1.82) is 0 Å². The van der Waals surface area contributed by atoms with Crippen molar-refractivity contribution in [3.8, 4) is 5.75 Å². The average molecular weight is 388 g/mol. The zero-order valence-corrected chi connectivity index (χ0v) is 16.6. The lowest BCUT2D eigenvalue weighted by molar-refractivity contribution is 0.102. The van der Waals surface area contributed by atoms with Gasteiger partial charge in [-0.25, -0.2) is 12.7 Å². The van der Waals surface area contributed by atoms with E-state index in [1.165, 1.54) is 50.9 Å². The summed E-state index contributed by atoms with van der Waals surface area (Å²) >= 11 is 0. The number of hydrogen-bond acceptors (Lipinski definition) is 4. The Kier molecular flexibility index (Phi) is 5.53. The predicted molar refractivity (Wildman–Crippen MR) is 105 cm³/mol. The molecule has 1 aliphatic carbocycles. The Morgan fingerprint density at radius 2 is 1.74 bits per heavy atom. The van der Waals surface area contributed by atoms with Gasteiger partial charge in [-0.05, 0) is 67.1 Å². The molecule has 0 aromatic heterocycles. The molecule has 0 aliphatic heterocycles. The molecular formula is C20H24N2O4S. The number of fused-ring (bicyclic) bond motifs is 1. The minimum atomic E-state index is -3.61. The van der Waals surface area contributed by atoms with Crippen LogP contribution in [0.4, 0.5) is 5.69 Å². The fourth-order valence-electron chi connectivity index (χ4n) is 3.23. The molecule has 0 saturated heterocycles. The largest absolute Gasteiger partial charge is 0.495 e. The topological polar surface area (TPSA) is 75.7 Å². The first-order valence-electron chi connectivity index (χ1n) is 8.86. The molecule has 6 nitrogen and oxygen atoms in total. The van der Waals surface area contributed by atoms with Crippen LogP contribution >= 0.6 is 0 Å². The van der Waals surface area contributed by atoms with Crippen LogP contribution in [0, 0.1) is 0 Å². The first-order valence-corrected chi connectivity index (χ1v) is 10.3. The number of carbonyl (C=O) groups is 1. The van der Waals surface area contributed by atoms with Gasteiger partial charge in [-0.2, -0.15) is 0 Å². The Labute approximate surface area is 160 Å². The summed E-state index contributed by atoms with van der Waals surface area (Å²) in [6, 6.07) is 10.2. The number of carbonyl (C=O) groups excluding carboxylic acids is 1. The monoisotopic (exact) mass is 388 g/mol. The molecule has 0 unspecified atom stereocenters. The van der Waals surface area contributed by atoms with Crippen LogP contribution in [0.2, 0.25) is 0 Å². The summed E-state index contributed by atoms with van der Waals surface area (Å²) in [5.41, 5.74) is 3.39. The SMILES string of the molecule is COc1ccc(S(=O)(=O)N(C)C)cc1NC(=O)c1ccc2c(c1)CCCC2. The first-order chi connectivity index (χ1) is 12.8. The summed E-state index contributed by atoms with van der Waals surface area (Å²) in [4.78, 5) is 12.8. The van der Waals surface area contributed by atoms with Crippen LogP contribution in [-0.2, 0) is 22.9 Å². The Bertz CT molecular complexity index is 968. The summed E-state index contributed by atoms with van der Waals surface area (Å²) in [7, 11) is 0.792. The second-order valence-corrected chi connectivity index (χ2v) is 8.95. The molecule has 0 spiro atoms. The van der Waals surface area contributed by atoms with Crippen LogP contribution in [-0.4, -0.2) is 39.8 Å². The molecule has 3 rings (SSSR count). The number of ether oxygens (including phenoxy) is 1. The van der Waals surface area contributed by atoms with Gasteiger partial charge < -0.3 is 10.1 Å². The maximum Gasteiger partial charge on any atom is 0.255 e. The van der Waals surface area contributed by atoms with Crippen LogP contribution in [0.15, 0.2) is 41.3 Å². The molecular weight excluding hydrogens is 364 g/mol. The lowest BCUT2D eigenvalue weighted by Gasteiger charge is -2.17. The minimum Gasteiger partial charge on any atom is -0.495 e. The van der Waals surface area contributed by atoms with E-state index >= 15 is 0 Å². The van der Waals surface area contributed by atoms with Crippen LogP contribution in [0.5, 0.6) is 5.75 Å². The molecule has 0 bridgehead atoms. The number of aryl methyl sites for hydroxylation is 2. The van der Waals surface area contributed by atoms with Crippen molar-refractivity contribution in [1.82, 2.24) is 4.31 Å². The number of hydrogen-bond donors (Lipinski definition) is 1. The Morgan fingerprint density at radius 3 is 2.41 bits per heavy atom. The Balaban J connectivity index is 1.91. The average Bonchev–Trinajstić information content (AvgIpc) is 2.67. The van der Waals surface area contributed by atoms with Gasteiger partial charge in [0.2, 0.25) is 10.0 Å². The molecule has 2 aromatic carbocycles. The second kappa shape index (κ2) is 7.70. The molecule has 0 fully saturated rings. The van der Waals surface area contributed by atoms with E-state index in [1.54, 1.807) is 6.07 Å². The van der Waals surface area contributed by atoms with E-state index in [2.05, 4.69) is 5.32 Å². The molecule has 0 saturated carbocycles. The van der Waals surface area contributed by atoms with Gasteiger partial charge in [-0.3, -0.25) is 4.79 Å². The van der Waals surface area contributed by atoms with E-state index in [0.717, 1.165) is 23.6 Å². The lowest BCUT2D eigenvalue weighted by Crippen LogP contribution is -2.22. The third-order valence-corrected chi connectivity index (χ3v) is 6.62. The van der Waals surface area contributed by atoms with Crippen molar-refractivity contribution < 1.29 is 17.9 Å². The summed E-state index contributed by atoms with van der Waals surface area (Å²) in [6.45, 7) is 0. The van der Waals surface area contributed by atoms with E-state index in [1.807, 2.05) is 18.2 Å². The van der Waals surface area contributed by atoms with Crippen LogP contribution in [0.25, 0.3) is 0 Å². The third-order valence-electron chi connectivity index (χ3n) is 4.81. The van der Waals surface area contributed by atoms with E-state index in [4.69, 9.17) is 4.74 Å². The zero-order chi connectivity index (χ0) is 19.6. The molecule has 0 atom stereocenters. The highest BCUT2D eigenvalue weighted by Gasteiger charge is 2.20. The van der Waals surface area contributed by atoms with E-state index in [0.29, 0.717) is 17.0 Å². The van der Waals surface area contributed by atoms with Gasteiger partial charge in [0, 0.05) is 19.7 Å². The van der Waals surface area contributed by atoms with Crippen LogP contribution in [0.3, 0.4) is 0 Å². The van der Waals surface area contributed by atoms with E-state index < -0.39 is 10.0 Å². The number of anilines is 1. The van der Waals surface area contributed by atoms with Gasteiger partial charge in [0.1, 0.15) is 5.75 Å². The highest BCUT2D eigenvalue weighted by molar-refractivity contribution is 7.89. The maximum absolute atomic E-state index is 12.7.